The van der Waals surface area contributed by atoms with E-state index < -0.39 is 11.5 Å². The maximum atomic E-state index is 11.3. The fourth-order valence-electron chi connectivity index (χ4n) is 1.22. The summed E-state index contributed by atoms with van der Waals surface area (Å²) in [5.41, 5.74) is 0.0652. The van der Waals surface area contributed by atoms with Gasteiger partial charge in [0, 0.05) is 6.20 Å². The second kappa shape index (κ2) is 3.45. The van der Waals surface area contributed by atoms with E-state index in [1.165, 1.54) is 12.5 Å². The summed E-state index contributed by atoms with van der Waals surface area (Å²) in [6.45, 7) is 0. The number of aromatic nitrogens is 4. The number of carboxylic acids is 1. The Morgan fingerprint density at radius 3 is 3.07 bits per heavy atom. The van der Waals surface area contributed by atoms with E-state index in [0.29, 0.717) is 0 Å². The number of hydrogen-bond acceptors (Lipinski definition) is 5. The predicted molar refractivity (Wildman–Crippen MR) is 49.3 cm³/mol. The molecule has 0 atom stereocenters. The highest BCUT2D eigenvalue weighted by Gasteiger charge is 2.10. The average Bonchev–Trinajstić information content (AvgIpc) is 2.22. The number of H-pyrrole nitrogens is 1. The molecule has 0 spiro atoms. The summed E-state index contributed by atoms with van der Waals surface area (Å²) in [7, 11) is 0. The largest absolute Gasteiger partial charge is 0.481 e. The van der Waals surface area contributed by atoms with E-state index in [9.17, 15) is 9.59 Å². The molecule has 0 bridgehead atoms. The maximum Gasteiger partial charge on any atom is 0.309 e. The molecule has 0 unspecified atom stereocenters. The van der Waals surface area contributed by atoms with E-state index in [0.717, 1.165) is 0 Å². The molecular weight excluding hydrogens is 200 g/mol. The van der Waals surface area contributed by atoms with Crippen LogP contribution in [0.1, 0.15) is 5.69 Å². The number of carboxylic acid groups (broad SMARTS) is 1. The molecule has 2 heterocycles. The van der Waals surface area contributed by atoms with Crippen LogP contribution in [0, 0.1) is 0 Å². The number of nitrogens with zero attached hydrogens (tertiary/aromatic N) is 3. The smallest absolute Gasteiger partial charge is 0.309 e. The standard InChI is InChI=1S/C8H6N4O3/c13-6(14)1-5-7-4(2-9-3-10-7)8(15)12-11-5/h2-3H,1H2,(H,12,15)(H,13,14). The summed E-state index contributed by atoms with van der Waals surface area (Å²) < 4.78 is 0. The quantitative estimate of drug-likeness (QED) is 0.675. The van der Waals surface area contributed by atoms with Gasteiger partial charge < -0.3 is 5.11 Å². The molecule has 0 aliphatic carbocycles. The summed E-state index contributed by atoms with van der Waals surface area (Å²) in [6.07, 6.45) is 2.29. The Morgan fingerprint density at radius 2 is 2.33 bits per heavy atom. The van der Waals surface area contributed by atoms with E-state index in [4.69, 9.17) is 5.11 Å². The molecule has 7 heteroatoms. The molecule has 2 N–H and O–H groups in total. The van der Waals surface area contributed by atoms with Crippen LogP contribution in [0.4, 0.5) is 0 Å². The number of nitrogens with one attached hydrogen (secondary N) is 1. The molecule has 0 radical (unpaired) electrons. The van der Waals surface area contributed by atoms with Gasteiger partial charge >= 0.3 is 5.97 Å². The van der Waals surface area contributed by atoms with Crippen molar-refractivity contribution in [3.8, 4) is 0 Å². The Bertz CT molecular complexity index is 577. The van der Waals surface area contributed by atoms with Crippen LogP contribution in [-0.4, -0.2) is 31.2 Å². The van der Waals surface area contributed by atoms with Gasteiger partial charge in [-0.25, -0.2) is 15.1 Å². The monoisotopic (exact) mass is 206 g/mol. The van der Waals surface area contributed by atoms with Crippen molar-refractivity contribution in [1.29, 1.82) is 0 Å². The van der Waals surface area contributed by atoms with Crippen LogP contribution in [0.3, 0.4) is 0 Å². The van der Waals surface area contributed by atoms with Gasteiger partial charge in [0.1, 0.15) is 11.8 Å². The third-order valence-corrected chi connectivity index (χ3v) is 1.84. The van der Waals surface area contributed by atoms with Crippen LogP contribution in [0.2, 0.25) is 0 Å². The highest BCUT2D eigenvalue weighted by Crippen LogP contribution is 2.07. The minimum Gasteiger partial charge on any atom is -0.481 e. The van der Waals surface area contributed by atoms with Crippen LogP contribution in [0.15, 0.2) is 17.3 Å². The SMILES string of the molecule is O=C(O)Cc1n[nH]c(=O)c2cncnc12. The fraction of sp³-hybridized carbons (Fsp3) is 0.125. The van der Waals surface area contributed by atoms with Gasteiger partial charge in [-0.1, -0.05) is 0 Å². The highest BCUT2D eigenvalue weighted by molar-refractivity contribution is 5.82. The highest BCUT2D eigenvalue weighted by atomic mass is 16.4. The van der Waals surface area contributed by atoms with E-state index >= 15 is 0 Å². The van der Waals surface area contributed by atoms with Gasteiger partial charge in [0.15, 0.2) is 0 Å². The fourth-order valence-corrected chi connectivity index (χ4v) is 1.22. The normalized spacial score (nSPS) is 10.4. The van der Waals surface area contributed by atoms with Crippen molar-refractivity contribution in [2.45, 2.75) is 6.42 Å². The van der Waals surface area contributed by atoms with E-state index in [1.54, 1.807) is 0 Å². The molecule has 0 aromatic carbocycles. The lowest BCUT2D eigenvalue weighted by atomic mass is 10.2. The van der Waals surface area contributed by atoms with Crippen molar-refractivity contribution in [2.24, 2.45) is 0 Å². The molecule has 15 heavy (non-hydrogen) atoms. The minimum absolute atomic E-state index is 0.222. The molecule has 0 saturated heterocycles. The summed E-state index contributed by atoms with van der Waals surface area (Å²) in [6, 6.07) is 0. The van der Waals surface area contributed by atoms with Gasteiger partial charge in [-0.05, 0) is 0 Å². The van der Waals surface area contributed by atoms with Crippen LogP contribution in [0.5, 0.6) is 0 Å². The molecule has 2 rings (SSSR count). The van der Waals surface area contributed by atoms with Crippen molar-refractivity contribution in [3.63, 3.8) is 0 Å². The lowest BCUT2D eigenvalue weighted by Gasteiger charge is -1.99. The van der Waals surface area contributed by atoms with Crippen LogP contribution in [-0.2, 0) is 11.2 Å². The van der Waals surface area contributed by atoms with Crippen molar-refractivity contribution in [3.05, 3.63) is 28.6 Å². The molecule has 0 amide bonds. The number of carbonyl (C=O) groups is 1. The predicted octanol–water partition coefficient (Wildman–Crippen LogP) is -0.660. The molecule has 7 nitrogen and oxygen atoms in total. The molecule has 0 saturated carbocycles. The van der Waals surface area contributed by atoms with Crippen molar-refractivity contribution in [1.82, 2.24) is 20.2 Å². The number of rotatable bonds is 2. The van der Waals surface area contributed by atoms with Gasteiger partial charge in [0.05, 0.1) is 17.5 Å². The first-order chi connectivity index (χ1) is 7.18. The van der Waals surface area contributed by atoms with Gasteiger partial charge in [-0.3, -0.25) is 9.59 Å². The second-order valence-electron chi connectivity index (χ2n) is 2.85. The Kier molecular flexibility index (Phi) is 2.13. The summed E-state index contributed by atoms with van der Waals surface area (Å²) in [4.78, 5) is 29.3. The molecule has 76 valence electrons. The van der Waals surface area contributed by atoms with Crippen LogP contribution >= 0.6 is 0 Å². The van der Waals surface area contributed by atoms with E-state index in [2.05, 4.69) is 20.2 Å². The summed E-state index contributed by atoms with van der Waals surface area (Å²) >= 11 is 0. The zero-order valence-electron chi connectivity index (χ0n) is 7.47. The lowest BCUT2D eigenvalue weighted by Crippen LogP contribution is -2.14. The second-order valence-corrected chi connectivity index (χ2v) is 2.85. The van der Waals surface area contributed by atoms with Crippen molar-refractivity contribution >= 4 is 16.9 Å². The summed E-state index contributed by atoms with van der Waals surface area (Å²) in [5.74, 6) is -1.03. The number of aromatic amines is 1. The molecule has 0 aliphatic rings. The van der Waals surface area contributed by atoms with Gasteiger partial charge in [0.25, 0.3) is 5.56 Å². The Hall–Kier alpha value is -2.31. The number of aliphatic carboxylic acids is 1. The van der Waals surface area contributed by atoms with Crippen molar-refractivity contribution < 1.29 is 9.90 Å². The third-order valence-electron chi connectivity index (χ3n) is 1.84. The zero-order chi connectivity index (χ0) is 10.8. The first-order valence-electron chi connectivity index (χ1n) is 4.07. The minimum atomic E-state index is -1.03. The third kappa shape index (κ3) is 1.66. The van der Waals surface area contributed by atoms with Crippen molar-refractivity contribution in [2.75, 3.05) is 0 Å². The summed E-state index contributed by atoms with van der Waals surface area (Å²) in [5, 5.41) is 14.7. The molecule has 0 fully saturated rings. The van der Waals surface area contributed by atoms with Gasteiger partial charge in [-0.2, -0.15) is 5.10 Å². The molecule has 0 aliphatic heterocycles. The lowest BCUT2D eigenvalue weighted by molar-refractivity contribution is -0.136. The van der Waals surface area contributed by atoms with Gasteiger partial charge in [-0.15, -0.1) is 0 Å². The Labute approximate surface area is 82.8 Å². The average molecular weight is 206 g/mol. The first-order valence-corrected chi connectivity index (χ1v) is 4.07. The molecule has 2 aromatic heterocycles. The zero-order valence-corrected chi connectivity index (χ0v) is 7.47. The number of fused-ring (bicyclic) bond motifs is 1. The maximum absolute atomic E-state index is 11.3. The molecular formula is C8H6N4O3. The topological polar surface area (TPSA) is 109 Å². The van der Waals surface area contributed by atoms with Crippen LogP contribution < -0.4 is 5.56 Å². The van der Waals surface area contributed by atoms with E-state index in [1.807, 2.05) is 0 Å². The number of hydrogen-bond donors (Lipinski definition) is 2. The first kappa shape index (κ1) is 9.25. The Morgan fingerprint density at radius 1 is 1.53 bits per heavy atom. The van der Waals surface area contributed by atoms with Crippen LogP contribution in [0.25, 0.3) is 10.9 Å². The molecule has 2 aromatic rings. The van der Waals surface area contributed by atoms with Gasteiger partial charge in [0.2, 0.25) is 0 Å². The Balaban J connectivity index is 2.71. The van der Waals surface area contributed by atoms with E-state index in [-0.39, 0.29) is 23.0 Å².